The summed E-state index contributed by atoms with van der Waals surface area (Å²) in [5.41, 5.74) is 1.32. The summed E-state index contributed by atoms with van der Waals surface area (Å²) in [6.45, 7) is 9.38. The molecule has 2 aromatic carbocycles. The Morgan fingerprint density at radius 3 is 2.08 bits per heavy atom. The normalized spacial score (nSPS) is 19.2. The van der Waals surface area contributed by atoms with Gasteiger partial charge in [-0.05, 0) is 54.8 Å². The molecule has 0 spiro atoms. The van der Waals surface area contributed by atoms with Crippen molar-refractivity contribution in [2.75, 3.05) is 52.6 Å². The molecule has 1 N–H and O–H groups in total. The molecule has 0 radical (unpaired) electrons. The van der Waals surface area contributed by atoms with Crippen LogP contribution in [0.2, 0.25) is 0 Å². The van der Waals surface area contributed by atoms with E-state index in [0.29, 0.717) is 50.8 Å². The number of likely N-dealkylation sites (tertiary alicyclic amines) is 1. The van der Waals surface area contributed by atoms with Gasteiger partial charge in [0.2, 0.25) is 0 Å². The predicted octanol–water partition coefficient (Wildman–Crippen LogP) is 5.19. The van der Waals surface area contributed by atoms with Crippen molar-refractivity contribution in [3.05, 3.63) is 65.2 Å². The molecule has 2 fully saturated rings. The van der Waals surface area contributed by atoms with Gasteiger partial charge in [-0.1, -0.05) is 45.2 Å². The average Bonchev–Trinajstić information content (AvgIpc) is 3.24. The van der Waals surface area contributed by atoms with Crippen LogP contribution in [0.1, 0.15) is 63.1 Å². The largest absolute Gasteiger partial charge is 0.507 e. The van der Waals surface area contributed by atoms with Crippen molar-refractivity contribution < 1.29 is 28.9 Å². The number of Topliss-reactive ketones (excluding diaryl/α,β-unsaturated/α-hetero) is 1. The highest BCUT2D eigenvalue weighted by molar-refractivity contribution is 6.46. The number of morpholine rings is 1. The Morgan fingerprint density at radius 2 is 1.45 bits per heavy atom. The molecular weight excluding hydrogens is 508 g/mol. The van der Waals surface area contributed by atoms with Gasteiger partial charge >= 0.3 is 0 Å². The van der Waals surface area contributed by atoms with Gasteiger partial charge in [0.1, 0.15) is 17.3 Å². The first-order chi connectivity index (χ1) is 19.5. The number of rotatable bonds is 14. The standard InChI is InChI=1S/C32H42N2O6/c1-3-5-7-21-40-26-12-8-24(9-13-26)29-28(30(35)25-10-14-27(15-11-25)39-20-6-4-2)31(36)32(37)34(29)17-16-33-18-22-38-23-19-33/h8-15,29,35H,3-7,16-23H2,1-2H3. The van der Waals surface area contributed by atoms with Crippen molar-refractivity contribution in [1.82, 2.24) is 9.80 Å². The van der Waals surface area contributed by atoms with Crippen LogP contribution in [0, 0.1) is 0 Å². The summed E-state index contributed by atoms with van der Waals surface area (Å²) in [5.74, 6) is -0.0186. The highest BCUT2D eigenvalue weighted by Gasteiger charge is 2.46. The van der Waals surface area contributed by atoms with Crippen LogP contribution in [0.5, 0.6) is 11.5 Å². The van der Waals surface area contributed by atoms with Crippen molar-refractivity contribution in [1.29, 1.82) is 0 Å². The number of nitrogens with zero attached hydrogens (tertiary/aromatic N) is 2. The Labute approximate surface area is 237 Å². The van der Waals surface area contributed by atoms with Crippen molar-refractivity contribution in [2.24, 2.45) is 0 Å². The summed E-state index contributed by atoms with van der Waals surface area (Å²) in [6, 6.07) is 13.8. The lowest BCUT2D eigenvalue weighted by molar-refractivity contribution is -0.140. The zero-order chi connectivity index (χ0) is 28.3. The van der Waals surface area contributed by atoms with E-state index in [9.17, 15) is 14.7 Å². The number of carbonyl (C=O) groups excluding carboxylic acids is 2. The summed E-state index contributed by atoms with van der Waals surface area (Å²) >= 11 is 0. The van der Waals surface area contributed by atoms with Crippen LogP contribution in [0.15, 0.2) is 54.1 Å². The number of hydrogen-bond acceptors (Lipinski definition) is 7. The molecule has 216 valence electrons. The van der Waals surface area contributed by atoms with Crippen LogP contribution in [0.3, 0.4) is 0 Å². The van der Waals surface area contributed by atoms with E-state index < -0.39 is 17.7 Å². The van der Waals surface area contributed by atoms with Crippen LogP contribution in [0.25, 0.3) is 5.76 Å². The summed E-state index contributed by atoms with van der Waals surface area (Å²) in [4.78, 5) is 30.5. The van der Waals surface area contributed by atoms with Gasteiger partial charge in [0, 0.05) is 31.7 Å². The third-order valence-corrected chi connectivity index (χ3v) is 7.41. The summed E-state index contributed by atoms with van der Waals surface area (Å²) in [7, 11) is 0. The molecule has 40 heavy (non-hydrogen) atoms. The monoisotopic (exact) mass is 550 g/mol. The number of hydrogen-bond donors (Lipinski definition) is 1. The second kappa shape index (κ2) is 14.9. The van der Waals surface area contributed by atoms with E-state index in [4.69, 9.17) is 14.2 Å². The molecule has 0 aromatic heterocycles. The van der Waals surface area contributed by atoms with Gasteiger partial charge < -0.3 is 24.2 Å². The molecule has 1 atom stereocenters. The van der Waals surface area contributed by atoms with E-state index in [1.807, 2.05) is 24.3 Å². The summed E-state index contributed by atoms with van der Waals surface area (Å²) in [6.07, 6.45) is 5.22. The SMILES string of the molecule is CCCCCOc1ccc(C2C(=C(O)c3ccc(OCCCC)cc3)C(=O)C(=O)N2CCN2CCOCC2)cc1. The maximum Gasteiger partial charge on any atom is 0.295 e. The Kier molecular flexibility index (Phi) is 11.0. The van der Waals surface area contributed by atoms with Gasteiger partial charge in [0.05, 0.1) is 38.0 Å². The van der Waals surface area contributed by atoms with Gasteiger partial charge in [-0.2, -0.15) is 0 Å². The number of benzene rings is 2. The van der Waals surface area contributed by atoms with Gasteiger partial charge in [-0.3, -0.25) is 14.5 Å². The second-order valence-corrected chi connectivity index (χ2v) is 10.3. The van der Waals surface area contributed by atoms with Crippen molar-refractivity contribution in [3.8, 4) is 11.5 Å². The quantitative estimate of drug-likeness (QED) is 0.150. The molecule has 1 amide bonds. The molecular formula is C32H42N2O6. The van der Waals surface area contributed by atoms with E-state index in [1.165, 1.54) is 0 Å². The van der Waals surface area contributed by atoms with Crippen LogP contribution >= 0.6 is 0 Å². The highest BCUT2D eigenvalue weighted by atomic mass is 16.5. The number of ether oxygens (including phenoxy) is 3. The Balaban J connectivity index is 1.61. The minimum atomic E-state index is -0.698. The number of amides is 1. The smallest absolute Gasteiger partial charge is 0.295 e. The number of unbranched alkanes of at least 4 members (excludes halogenated alkanes) is 3. The Bertz CT molecular complexity index is 1140. The van der Waals surface area contributed by atoms with Crippen molar-refractivity contribution in [2.45, 2.75) is 52.0 Å². The van der Waals surface area contributed by atoms with Gasteiger partial charge in [-0.15, -0.1) is 0 Å². The maximum atomic E-state index is 13.4. The summed E-state index contributed by atoms with van der Waals surface area (Å²) < 4.78 is 17.1. The molecule has 2 aromatic rings. The number of ketones is 1. The molecule has 2 heterocycles. The molecule has 8 heteroatoms. The lowest BCUT2D eigenvalue weighted by Gasteiger charge is -2.31. The van der Waals surface area contributed by atoms with E-state index >= 15 is 0 Å². The molecule has 4 rings (SSSR count). The van der Waals surface area contributed by atoms with E-state index in [2.05, 4.69) is 18.7 Å². The van der Waals surface area contributed by atoms with Gasteiger partial charge in [-0.25, -0.2) is 0 Å². The van der Waals surface area contributed by atoms with Gasteiger partial charge in [0.25, 0.3) is 11.7 Å². The minimum Gasteiger partial charge on any atom is -0.507 e. The molecule has 0 bridgehead atoms. The van der Waals surface area contributed by atoms with Crippen LogP contribution in [-0.2, 0) is 14.3 Å². The Hall–Kier alpha value is -3.36. The lowest BCUT2D eigenvalue weighted by Crippen LogP contribution is -2.42. The highest BCUT2D eigenvalue weighted by Crippen LogP contribution is 2.40. The number of aliphatic hydroxyl groups excluding tert-OH is 1. The Morgan fingerprint density at radius 1 is 0.850 bits per heavy atom. The first kappa shape index (κ1) is 29.6. The zero-order valence-corrected chi connectivity index (χ0v) is 23.8. The number of aliphatic hydroxyl groups is 1. The van der Waals surface area contributed by atoms with Gasteiger partial charge in [0.15, 0.2) is 0 Å². The van der Waals surface area contributed by atoms with Crippen molar-refractivity contribution >= 4 is 17.4 Å². The molecule has 2 aliphatic rings. The fourth-order valence-corrected chi connectivity index (χ4v) is 5.02. The van der Waals surface area contributed by atoms with Crippen LogP contribution < -0.4 is 9.47 Å². The predicted molar refractivity (Wildman–Crippen MR) is 155 cm³/mol. The van der Waals surface area contributed by atoms with Crippen LogP contribution in [0.4, 0.5) is 0 Å². The third kappa shape index (κ3) is 7.43. The second-order valence-electron chi connectivity index (χ2n) is 10.3. The first-order valence-electron chi connectivity index (χ1n) is 14.6. The third-order valence-electron chi connectivity index (χ3n) is 7.41. The van der Waals surface area contributed by atoms with E-state index in [-0.39, 0.29) is 11.3 Å². The lowest BCUT2D eigenvalue weighted by atomic mass is 9.95. The van der Waals surface area contributed by atoms with E-state index in [0.717, 1.165) is 56.5 Å². The zero-order valence-electron chi connectivity index (χ0n) is 23.8. The first-order valence-corrected chi connectivity index (χ1v) is 14.6. The number of carbonyl (C=O) groups is 2. The fraction of sp³-hybridized carbons (Fsp3) is 0.500. The van der Waals surface area contributed by atoms with Crippen LogP contribution in [-0.4, -0.2) is 79.2 Å². The molecule has 2 aliphatic heterocycles. The fourth-order valence-electron chi connectivity index (χ4n) is 5.02. The maximum absolute atomic E-state index is 13.4. The average molecular weight is 551 g/mol. The van der Waals surface area contributed by atoms with E-state index in [1.54, 1.807) is 29.2 Å². The summed E-state index contributed by atoms with van der Waals surface area (Å²) in [5, 5.41) is 11.4. The molecule has 0 aliphatic carbocycles. The molecule has 0 saturated carbocycles. The molecule has 2 saturated heterocycles. The molecule has 8 nitrogen and oxygen atoms in total. The molecule has 1 unspecified atom stereocenters. The topological polar surface area (TPSA) is 88.5 Å². The minimum absolute atomic E-state index is 0.100. The van der Waals surface area contributed by atoms with Crippen molar-refractivity contribution in [3.63, 3.8) is 0 Å².